The molecule has 0 saturated carbocycles. The van der Waals surface area contributed by atoms with Crippen molar-refractivity contribution in [2.45, 2.75) is 51.5 Å². The molecule has 1 fully saturated rings. The lowest BCUT2D eigenvalue weighted by molar-refractivity contribution is 0.0943. The zero-order valence-corrected chi connectivity index (χ0v) is 18.7. The number of carbonyl (C=O) groups is 1. The van der Waals surface area contributed by atoms with Gasteiger partial charge in [0.05, 0.1) is 4.90 Å². The summed E-state index contributed by atoms with van der Waals surface area (Å²) < 4.78 is 27.3. The summed E-state index contributed by atoms with van der Waals surface area (Å²) in [6.07, 6.45) is 1.03. The quantitative estimate of drug-likeness (QED) is 0.507. The van der Waals surface area contributed by atoms with E-state index in [4.69, 9.17) is 12.2 Å². The Kier molecular flexibility index (Phi) is 7.06. The Labute approximate surface area is 173 Å². The van der Waals surface area contributed by atoms with Crippen molar-refractivity contribution in [1.82, 2.24) is 20.5 Å². The first-order valence-corrected chi connectivity index (χ1v) is 11.2. The van der Waals surface area contributed by atoms with Crippen LogP contribution in [-0.4, -0.2) is 42.4 Å². The monoisotopic (exact) mass is 426 g/mol. The third-order valence-corrected chi connectivity index (χ3v) is 6.42. The summed E-state index contributed by atoms with van der Waals surface area (Å²) in [4.78, 5) is 12.4. The molecule has 9 heteroatoms. The first-order valence-electron chi connectivity index (χ1n) is 9.37. The third kappa shape index (κ3) is 6.15. The van der Waals surface area contributed by atoms with Gasteiger partial charge in [0, 0.05) is 24.2 Å². The second-order valence-electron chi connectivity index (χ2n) is 8.58. The van der Waals surface area contributed by atoms with Gasteiger partial charge in [-0.25, -0.2) is 8.42 Å². The largest absolute Gasteiger partial charge is 0.357 e. The first kappa shape index (κ1) is 22.6. The Morgan fingerprint density at radius 1 is 1.07 bits per heavy atom. The van der Waals surface area contributed by atoms with Crippen molar-refractivity contribution in [2.24, 2.45) is 11.8 Å². The van der Waals surface area contributed by atoms with Crippen molar-refractivity contribution >= 4 is 33.3 Å². The lowest BCUT2D eigenvalue weighted by atomic mass is 9.94. The van der Waals surface area contributed by atoms with Crippen LogP contribution in [0, 0.1) is 11.8 Å². The van der Waals surface area contributed by atoms with E-state index in [9.17, 15) is 13.2 Å². The van der Waals surface area contributed by atoms with Crippen LogP contribution in [0.5, 0.6) is 0 Å². The fourth-order valence-electron chi connectivity index (χ4n) is 3.29. The molecule has 0 radical (unpaired) electrons. The number of hydrazine groups is 1. The molecule has 7 nitrogen and oxygen atoms in total. The van der Waals surface area contributed by atoms with Gasteiger partial charge in [-0.2, -0.15) is 4.31 Å². The van der Waals surface area contributed by atoms with E-state index in [-0.39, 0.29) is 10.4 Å². The predicted octanol–water partition coefficient (Wildman–Crippen LogP) is 2.26. The smallest absolute Gasteiger partial charge is 0.269 e. The average Bonchev–Trinajstić information content (AvgIpc) is 2.57. The van der Waals surface area contributed by atoms with E-state index < -0.39 is 15.9 Å². The van der Waals surface area contributed by atoms with E-state index in [0.29, 0.717) is 35.6 Å². The molecule has 1 amide bonds. The van der Waals surface area contributed by atoms with Gasteiger partial charge in [-0.15, -0.1) is 0 Å². The van der Waals surface area contributed by atoms with E-state index in [1.165, 1.54) is 24.3 Å². The summed E-state index contributed by atoms with van der Waals surface area (Å²) in [5.41, 5.74) is 5.25. The molecule has 1 saturated heterocycles. The number of rotatable bonds is 3. The van der Waals surface area contributed by atoms with Crippen LogP contribution in [0.3, 0.4) is 0 Å². The van der Waals surface area contributed by atoms with E-state index >= 15 is 0 Å². The summed E-state index contributed by atoms with van der Waals surface area (Å²) in [5, 5.41) is 3.32. The van der Waals surface area contributed by atoms with Crippen LogP contribution in [-0.2, 0) is 10.0 Å². The molecule has 0 aliphatic carbocycles. The lowest BCUT2D eigenvalue weighted by Gasteiger charge is -2.34. The van der Waals surface area contributed by atoms with Crippen molar-refractivity contribution in [3.05, 3.63) is 29.8 Å². The zero-order valence-electron chi connectivity index (χ0n) is 17.1. The molecule has 3 N–H and O–H groups in total. The summed E-state index contributed by atoms with van der Waals surface area (Å²) in [6, 6.07) is 5.95. The number of piperidine rings is 1. The maximum Gasteiger partial charge on any atom is 0.269 e. The minimum absolute atomic E-state index is 0.197. The molecule has 0 unspecified atom stereocenters. The Bertz CT molecular complexity index is 807. The van der Waals surface area contributed by atoms with Crippen LogP contribution in [0.4, 0.5) is 0 Å². The van der Waals surface area contributed by atoms with Crippen molar-refractivity contribution < 1.29 is 13.2 Å². The molecule has 2 rings (SSSR count). The van der Waals surface area contributed by atoms with Crippen molar-refractivity contribution in [1.29, 1.82) is 0 Å². The lowest BCUT2D eigenvalue weighted by Crippen LogP contribution is -2.52. The minimum Gasteiger partial charge on any atom is -0.357 e. The minimum atomic E-state index is -3.56. The summed E-state index contributed by atoms with van der Waals surface area (Å²) >= 11 is 5.11. The number of sulfonamides is 1. The molecule has 1 heterocycles. The number of thiocarbonyl (C=S) groups is 1. The van der Waals surface area contributed by atoms with Gasteiger partial charge in [0.15, 0.2) is 5.11 Å². The van der Waals surface area contributed by atoms with E-state index in [1.807, 2.05) is 20.8 Å². The molecule has 0 bridgehead atoms. The molecule has 28 heavy (non-hydrogen) atoms. The maximum absolute atomic E-state index is 12.9. The number of amides is 1. The highest BCUT2D eigenvalue weighted by molar-refractivity contribution is 7.89. The number of benzene rings is 1. The highest BCUT2D eigenvalue weighted by Gasteiger charge is 2.31. The van der Waals surface area contributed by atoms with Gasteiger partial charge in [0.1, 0.15) is 0 Å². The third-order valence-electron chi connectivity index (χ3n) is 4.37. The van der Waals surface area contributed by atoms with Crippen LogP contribution >= 0.6 is 12.2 Å². The van der Waals surface area contributed by atoms with Crippen molar-refractivity contribution in [2.75, 3.05) is 13.1 Å². The van der Waals surface area contributed by atoms with E-state index in [2.05, 4.69) is 30.0 Å². The van der Waals surface area contributed by atoms with Gasteiger partial charge in [-0.05, 0) is 75.5 Å². The predicted molar refractivity (Wildman–Crippen MR) is 114 cm³/mol. The fourth-order valence-corrected chi connectivity index (χ4v) is 5.32. The Morgan fingerprint density at radius 2 is 1.61 bits per heavy atom. The zero-order chi connectivity index (χ0) is 21.1. The molecule has 0 aromatic heterocycles. The highest BCUT2D eigenvalue weighted by Crippen LogP contribution is 2.26. The second kappa shape index (κ2) is 8.75. The summed E-state index contributed by atoms with van der Waals surface area (Å²) in [6.45, 7) is 11.0. The Morgan fingerprint density at radius 3 is 2.11 bits per heavy atom. The van der Waals surface area contributed by atoms with Gasteiger partial charge >= 0.3 is 0 Å². The van der Waals surface area contributed by atoms with Gasteiger partial charge in [-0.3, -0.25) is 15.6 Å². The molecule has 1 aliphatic rings. The first-order chi connectivity index (χ1) is 12.9. The van der Waals surface area contributed by atoms with Gasteiger partial charge in [0.2, 0.25) is 10.0 Å². The topological polar surface area (TPSA) is 90.5 Å². The van der Waals surface area contributed by atoms with Crippen LogP contribution in [0.25, 0.3) is 0 Å². The van der Waals surface area contributed by atoms with Gasteiger partial charge in [-0.1, -0.05) is 13.8 Å². The molecule has 156 valence electrons. The van der Waals surface area contributed by atoms with Crippen LogP contribution in [0.2, 0.25) is 0 Å². The van der Waals surface area contributed by atoms with E-state index in [0.717, 1.165) is 6.42 Å². The highest BCUT2D eigenvalue weighted by atomic mass is 32.2. The molecular formula is C19H30N4O3S2. The standard InChI is InChI=1S/C19H30N4O3S2/c1-13-10-14(2)12-23(11-13)28(25,26)16-8-6-15(7-9-16)17(24)21-22-18(27)20-19(3,4)5/h6-9,13-14H,10-12H2,1-5H3,(H,21,24)(H2,20,22,27)/t13-,14-/m0/s1. The molecule has 1 aliphatic heterocycles. The number of carbonyl (C=O) groups excluding carboxylic acids is 1. The van der Waals surface area contributed by atoms with Gasteiger partial charge in [0.25, 0.3) is 5.91 Å². The molecular weight excluding hydrogens is 396 g/mol. The number of nitrogens with zero attached hydrogens (tertiary/aromatic N) is 1. The van der Waals surface area contributed by atoms with Crippen LogP contribution < -0.4 is 16.2 Å². The van der Waals surface area contributed by atoms with Crippen molar-refractivity contribution in [3.8, 4) is 0 Å². The van der Waals surface area contributed by atoms with Crippen molar-refractivity contribution in [3.63, 3.8) is 0 Å². The summed E-state index contributed by atoms with van der Waals surface area (Å²) in [7, 11) is -3.56. The second-order valence-corrected chi connectivity index (χ2v) is 10.9. The van der Waals surface area contributed by atoms with Crippen LogP contribution in [0.15, 0.2) is 29.2 Å². The molecule has 2 atom stereocenters. The summed E-state index contributed by atoms with van der Waals surface area (Å²) in [5.74, 6) is 0.266. The number of hydrogen-bond acceptors (Lipinski definition) is 4. The normalized spacial score (nSPS) is 21.0. The fraction of sp³-hybridized carbons (Fsp3) is 0.579. The van der Waals surface area contributed by atoms with Crippen LogP contribution in [0.1, 0.15) is 51.4 Å². The average molecular weight is 427 g/mol. The van der Waals surface area contributed by atoms with E-state index in [1.54, 1.807) is 4.31 Å². The van der Waals surface area contributed by atoms with Gasteiger partial charge < -0.3 is 5.32 Å². The SMILES string of the molecule is C[C@H]1C[C@H](C)CN(S(=O)(=O)c2ccc(C(=O)NNC(=S)NC(C)(C)C)cc2)C1. The molecule has 0 spiro atoms. The maximum atomic E-state index is 12.9. The molecule has 1 aromatic rings. The Hall–Kier alpha value is -1.71. The Balaban J connectivity index is 2.02. The number of nitrogens with one attached hydrogen (secondary N) is 3. The number of hydrogen-bond donors (Lipinski definition) is 3. The molecule has 1 aromatic carbocycles.